The fourth-order valence-electron chi connectivity index (χ4n) is 2.82. The summed E-state index contributed by atoms with van der Waals surface area (Å²) in [5.74, 6) is -2.90. The third-order valence-corrected chi connectivity index (χ3v) is 4.15. The molecule has 0 aliphatic heterocycles. The van der Waals surface area contributed by atoms with Crippen molar-refractivity contribution in [2.45, 2.75) is 34.1 Å². The maximum absolute atomic E-state index is 14.3. The number of rotatable bonds is 5. The minimum Gasteiger partial charge on any atom is -0.426 e. The normalized spacial score (nSPS) is 10.8. The monoisotopic (exact) mass is 372 g/mol. The molecule has 2 rings (SSSR count). The zero-order valence-electron chi connectivity index (χ0n) is 15.7. The van der Waals surface area contributed by atoms with Gasteiger partial charge in [-0.3, -0.25) is 15.6 Å². The number of benzene rings is 2. The Labute approximate surface area is 157 Å². The second kappa shape index (κ2) is 8.20. The molecule has 0 heterocycles. The summed E-state index contributed by atoms with van der Waals surface area (Å²) in [6.07, 6.45) is 0.194. The molecule has 2 aromatic rings. The average Bonchev–Trinajstić information content (AvgIpc) is 2.62. The highest BCUT2D eigenvalue weighted by Gasteiger charge is 2.24. The summed E-state index contributed by atoms with van der Waals surface area (Å²) in [4.78, 5) is 12.7. The topological polar surface area (TPSA) is 74.0 Å². The van der Waals surface area contributed by atoms with Gasteiger partial charge in [0.1, 0.15) is 0 Å². The SMILES string of the molecule is CCc1c(F)c(F)cc(-c2ccc(C(=N)OC(C)=N)cc2)c1C(=O)C(C)C. The lowest BCUT2D eigenvalue weighted by molar-refractivity contribution is 0.0938. The van der Waals surface area contributed by atoms with E-state index in [1.165, 1.54) is 6.92 Å². The van der Waals surface area contributed by atoms with Gasteiger partial charge in [-0.1, -0.05) is 32.9 Å². The molecule has 0 amide bonds. The van der Waals surface area contributed by atoms with E-state index in [9.17, 15) is 13.6 Å². The van der Waals surface area contributed by atoms with Crippen molar-refractivity contribution >= 4 is 17.6 Å². The van der Waals surface area contributed by atoms with Crippen molar-refractivity contribution in [1.29, 1.82) is 10.8 Å². The van der Waals surface area contributed by atoms with Gasteiger partial charge in [-0.25, -0.2) is 8.78 Å². The summed E-state index contributed by atoms with van der Waals surface area (Å²) in [6, 6.07) is 7.45. The van der Waals surface area contributed by atoms with E-state index in [4.69, 9.17) is 15.6 Å². The highest BCUT2D eigenvalue weighted by Crippen LogP contribution is 2.32. The number of Topliss-reactive ketones (excluding diaryl/α,β-unsaturated/α-hetero) is 1. The fourth-order valence-corrected chi connectivity index (χ4v) is 2.82. The van der Waals surface area contributed by atoms with Gasteiger partial charge in [0.25, 0.3) is 0 Å². The van der Waals surface area contributed by atoms with Crippen molar-refractivity contribution in [3.8, 4) is 11.1 Å². The van der Waals surface area contributed by atoms with Crippen molar-refractivity contribution in [2.75, 3.05) is 0 Å². The van der Waals surface area contributed by atoms with Crippen molar-refractivity contribution in [3.05, 3.63) is 58.7 Å². The van der Waals surface area contributed by atoms with Gasteiger partial charge in [0.2, 0.25) is 5.90 Å². The summed E-state index contributed by atoms with van der Waals surface area (Å²) < 4.78 is 33.4. The summed E-state index contributed by atoms with van der Waals surface area (Å²) in [7, 11) is 0. The Hall–Kier alpha value is -2.89. The van der Waals surface area contributed by atoms with Crippen LogP contribution in [0.3, 0.4) is 0 Å². The zero-order valence-corrected chi connectivity index (χ0v) is 15.7. The molecule has 0 unspecified atom stereocenters. The van der Waals surface area contributed by atoms with E-state index >= 15 is 0 Å². The summed E-state index contributed by atoms with van der Waals surface area (Å²) >= 11 is 0. The second-order valence-corrected chi connectivity index (χ2v) is 6.51. The maximum atomic E-state index is 14.3. The van der Waals surface area contributed by atoms with Crippen molar-refractivity contribution in [2.24, 2.45) is 5.92 Å². The van der Waals surface area contributed by atoms with Crippen LogP contribution in [0.15, 0.2) is 30.3 Å². The zero-order chi connectivity index (χ0) is 20.3. The van der Waals surface area contributed by atoms with E-state index in [0.29, 0.717) is 16.7 Å². The van der Waals surface area contributed by atoms with Crippen LogP contribution in [-0.2, 0) is 11.2 Å². The van der Waals surface area contributed by atoms with Gasteiger partial charge in [0.05, 0.1) is 0 Å². The first kappa shape index (κ1) is 20.4. The van der Waals surface area contributed by atoms with E-state index in [-0.39, 0.29) is 41.0 Å². The van der Waals surface area contributed by atoms with Crippen LogP contribution in [0.5, 0.6) is 0 Å². The first-order valence-corrected chi connectivity index (χ1v) is 8.64. The first-order valence-electron chi connectivity index (χ1n) is 8.64. The second-order valence-electron chi connectivity index (χ2n) is 6.51. The molecule has 0 fully saturated rings. The molecular formula is C21H22F2N2O2. The Morgan fingerprint density at radius 2 is 1.74 bits per heavy atom. The number of nitrogens with one attached hydrogen (secondary N) is 2. The Bertz CT molecular complexity index is 903. The van der Waals surface area contributed by atoms with Gasteiger partial charge in [-0.2, -0.15) is 0 Å². The molecule has 2 aromatic carbocycles. The van der Waals surface area contributed by atoms with Crippen LogP contribution in [0.4, 0.5) is 8.78 Å². The van der Waals surface area contributed by atoms with E-state index in [1.807, 2.05) is 0 Å². The number of ketones is 1. The van der Waals surface area contributed by atoms with Gasteiger partial charge in [-0.15, -0.1) is 0 Å². The summed E-state index contributed by atoms with van der Waals surface area (Å²) in [5, 5.41) is 15.1. The lowest BCUT2D eigenvalue weighted by Crippen LogP contribution is -2.15. The predicted molar refractivity (Wildman–Crippen MR) is 102 cm³/mol. The molecule has 2 N–H and O–H groups in total. The molecule has 0 saturated carbocycles. The lowest BCUT2D eigenvalue weighted by Gasteiger charge is -2.17. The molecule has 6 heteroatoms. The molecule has 142 valence electrons. The lowest BCUT2D eigenvalue weighted by atomic mass is 9.87. The van der Waals surface area contributed by atoms with Crippen molar-refractivity contribution < 1.29 is 18.3 Å². The van der Waals surface area contributed by atoms with Gasteiger partial charge >= 0.3 is 0 Å². The number of hydrogen-bond donors (Lipinski definition) is 2. The molecule has 0 aromatic heterocycles. The molecular weight excluding hydrogens is 350 g/mol. The van der Waals surface area contributed by atoms with Gasteiger partial charge in [0, 0.05) is 29.5 Å². The third-order valence-electron chi connectivity index (χ3n) is 4.15. The number of carbonyl (C=O) groups excluding carboxylic acids is 1. The largest absolute Gasteiger partial charge is 0.426 e. The third kappa shape index (κ3) is 4.27. The van der Waals surface area contributed by atoms with Gasteiger partial charge in [-0.05, 0) is 35.7 Å². The molecule has 27 heavy (non-hydrogen) atoms. The van der Waals surface area contributed by atoms with Crippen LogP contribution in [0, 0.1) is 28.4 Å². The van der Waals surface area contributed by atoms with Crippen LogP contribution >= 0.6 is 0 Å². The van der Waals surface area contributed by atoms with Crippen LogP contribution < -0.4 is 0 Å². The van der Waals surface area contributed by atoms with E-state index in [1.54, 1.807) is 45.0 Å². The summed E-state index contributed by atoms with van der Waals surface area (Å²) in [5.41, 5.74) is 1.56. The van der Waals surface area contributed by atoms with Crippen molar-refractivity contribution in [3.63, 3.8) is 0 Å². The Kier molecular flexibility index (Phi) is 6.20. The smallest absolute Gasteiger partial charge is 0.220 e. The van der Waals surface area contributed by atoms with E-state index < -0.39 is 11.6 Å². The van der Waals surface area contributed by atoms with Crippen LogP contribution in [0.25, 0.3) is 11.1 Å². The molecule has 4 nitrogen and oxygen atoms in total. The van der Waals surface area contributed by atoms with Gasteiger partial charge < -0.3 is 4.74 Å². The van der Waals surface area contributed by atoms with Crippen LogP contribution in [0.1, 0.15) is 49.2 Å². The van der Waals surface area contributed by atoms with E-state index in [0.717, 1.165) is 6.07 Å². The maximum Gasteiger partial charge on any atom is 0.220 e. The number of ether oxygens (including phenoxy) is 1. The number of carbonyl (C=O) groups is 1. The molecule has 0 atom stereocenters. The predicted octanol–water partition coefficient (Wildman–Crippen LogP) is 5.37. The van der Waals surface area contributed by atoms with Crippen LogP contribution in [0.2, 0.25) is 0 Å². The molecule has 0 aliphatic carbocycles. The quantitative estimate of drug-likeness (QED) is 0.420. The van der Waals surface area contributed by atoms with E-state index in [2.05, 4.69) is 0 Å². The number of halogens is 2. The molecule has 0 spiro atoms. The highest BCUT2D eigenvalue weighted by molar-refractivity contribution is 6.05. The summed E-state index contributed by atoms with van der Waals surface area (Å²) in [6.45, 7) is 6.53. The van der Waals surface area contributed by atoms with Crippen LogP contribution in [-0.4, -0.2) is 17.6 Å². The molecule has 0 aliphatic rings. The highest BCUT2D eigenvalue weighted by atomic mass is 19.2. The van der Waals surface area contributed by atoms with Gasteiger partial charge in [0.15, 0.2) is 23.3 Å². The number of hydrogen-bond acceptors (Lipinski definition) is 4. The minimum absolute atomic E-state index is 0.0725. The molecule has 0 bridgehead atoms. The standard InChI is InChI=1S/C21H22F2N2O2/c1-5-15-18(20(26)11(2)3)16(10-17(22)19(15)23)13-6-8-14(9-7-13)21(25)27-12(4)24/h6-11,24-25H,5H2,1-4H3. The Morgan fingerprint density at radius 3 is 2.22 bits per heavy atom. The molecule has 0 saturated heterocycles. The van der Waals surface area contributed by atoms with Crippen molar-refractivity contribution in [1.82, 2.24) is 0 Å². The average molecular weight is 372 g/mol. The Balaban J connectivity index is 2.61. The Morgan fingerprint density at radius 1 is 1.15 bits per heavy atom. The molecule has 0 radical (unpaired) electrons. The minimum atomic E-state index is -0.998. The fraction of sp³-hybridized carbons (Fsp3) is 0.286. The first-order chi connectivity index (χ1) is 12.7.